The maximum Gasteiger partial charge on any atom is 0.244 e. The second-order valence-corrected chi connectivity index (χ2v) is 8.66. The van der Waals surface area contributed by atoms with Gasteiger partial charge in [0.15, 0.2) is 11.6 Å². The fourth-order valence-corrected chi connectivity index (χ4v) is 3.89. The van der Waals surface area contributed by atoms with E-state index in [1.165, 1.54) is 48.7 Å². The van der Waals surface area contributed by atoms with Crippen molar-refractivity contribution in [2.45, 2.75) is 4.90 Å². The molecule has 10 heteroatoms. The maximum atomic E-state index is 14.2. The van der Waals surface area contributed by atoms with Crippen LogP contribution in [0.15, 0.2) is 78.0 Å². The van der Waals surface area contributed by atoms with Gasteiger partial charge in [-0.25, -0.2) is 17.5 Å². The van der Waals surface area contributed by atoms with E-state index in [2.05, 4.69) is 15.0 Å². The minimum atomic E-state index is -3.73. The molecule has 0 aliphatic carbocycles. The quantitative estimate of drug-likeness (QED) is 0.362. The van der Waals surface area contributed by atoms with E-state index in [-0.39, 0.29) is 23.7 Å². The molecule has 1 aromatic heterocycles. The first-order valence-corrected chi connectivity index (χ1v) is 11.3. The molecule has 0 saturated heterocycles. The zero-order chi connectivity index (χ0) is 23.0. The number of aromatic nitrogens is 1. The first kappa shape index (κ1) is 23.4. The van der Waals surface area contributed by atoms with Crippen LogP contribution in [0.25, 0.3) is 6.08 Å². The van der Waals surface area contributed by atoms with Gasteiger partial charge in [-0.3, -0.25) is 9.78 Å². The Hall–Kier alpha value is -3.27. The second-order valence-electron chi connectivity index (χ2n) is 6.46. The van der Waals surface area contributed by atoms with Crippen LogP contribution in [0.3, 0.4) is 0 Å². The Morgan fingerprint density at radius 3 is 2.69 bits per heavy atom. The number of carbonyl (C=O) groups is 1. The van der Waals surface area contributed by atoms with Crippen LogP contribution < -0.4 is 14.8 Å². The molecule has 0 saturated carbocycles. The molecule has 32 heavy (non-hydrogen) atoms. The lowest BCUT2D eigenvalue weighted by atomic mass is 10.2. The van der Waals surface area contributed by atoms with Gasteiger partial charge in [0.25, 0.3) is 0 Å². The summed E-state index contributed by atoms with van der Waals surface area (Å²) in [6.45, 7) is 0.0542. The largest absolute Gasteiger partial charge is 0.453 e. The van der Waals surface area contributed by atoms with Gasteiger partial charge >= 0.3 is 0 Å². The lowest BCUT2D eigenvalue weighted by Crippen LogP contribution is -2.34. The van der Waals surface area contributed by atoms with Crippen LogP contribution in [-0.2, 0) is 14.8 Å². The molecule has 0 radical (unpaired) electrons. The van der Waals surface area contributed by atoms with Crippen LogP contribution in [0.5, 0.6) is 11.5 Å². The van der Waals surface area contributed by atoms with E-state index in [1.807, 2.05) is 0 Å². The molecule has 2 aromatic carbocycles. The van der Waals surface area contributed by atoms with Gasteiger partial charge in [-0.2, -0.15) is 0 Å². The molecule has 0 bridgehead atoms. The Morgan fingerprint density at radius 2 is 1.97 bits per heavy atom. The fraction of sp³-hybridized carbons (Fsp3) is 0.0909. The van der Waals surface area contributed by atoms with Gasteiger partial charge in [-0.15, -0.1) is 0 Å². The van der Waals surface area contributed by atoms with Crippen molar-refractivity contribution in [1.82, 2.24) is 15.0 Å². The minimum Gasteiger partial charge on any atom is -0.453 e. The number of nitrogens with one attached hydrogen (secondary N) is 2. The van der Waals surface area contributed by atoms with E-state index < -0.39 is 21.7 Å². The molecule has 0 unspecified atom stereocenters. The molecule has 0 atom stereocenters. The Balaban J connectivity index is 1.47. The van der Waals surface area contributed by atoms with E-state index in [0.717, 1.165) is 0 Å². The van der Waals surface area contributed by atoms with Gasteiger partial charge in [-0.05, 0) is 54.1 Å². The molecule has 1 heterocycles. The summed E-state index contributed by atoms with van der Waals surface area (Å²) < 4.78 is 46.4. The molecule has 0 aliphatic rings. The second kappa shape index (κ2) is 10.9. The summed E-state index contributed by atoms with van der Waals surface area (Å²) in [7, 11) is -3.73. The third-order valence-electron chi connectivity index (χ3n) is 4.07. The number of carbonyl (C=O) groups excluding carboxylic acids is 1. The summed E-state index contributed by atoms with van der Waals surface area (Å²) in [5.41, 5.74) is 0.456. The zero-order valence-electron chi connectivity index (χ0n) is 16.7. The van der Waals surface area contributed by atoms with E-state index in [1.54, 1.807) is 30.5 Å². The first-order valence-electron chi connectivity index (χ1n) is 9.42. The van der Waals surface area contributed by atoms with Gasteiger partial charge < -0.3 is 10.1 Å². The topological polar surface area (TPSA) is 97.4 Å². The number of pyridine rings is 1. The summed E-state index contributed by atoms with van der Waals surface area (Å²) in [6, 6.07) is 13.4. The summed E-state index contributed by atoms with van der Waals surface area (Å²) in [5.74, 6) is -0.610. The van der Waals surface area contributed by atoms with Crippen LogP contribution in [0.4, 0.5) is 4.39 Å². The lowest BCUT2D eigenvalue weighted by molar-refractivity contribution is -0.116. The Morgan fingerprint density at radius 1 is 1.12 bits per heavy atom. The number of rotatable bonds is 9. The number of ether oxygens (including phenoxy) is 1. The highest BCUT2D eigenvalue weighted by molar-refractivity contribution is 7.89. The molecule has 166 valence electrons. The fourth-order valence-electron chi connectivity index (χ4n) is 2.56. The van der Waals surface area contributed by atoms with Crippen LogP contribution in [-0.4, -0.2) is 32.4 Å². The summed E-state index contributed by atoms with van der Waals surface area (Å²) in [5, 5.41) is 2.85. The average Bonchev–Trinajstić information content (AvgIpc) is 2.78. The Labute approximate surface area is 190 Å². The highest BCUT2D eigenvalue weighted by Crippen LogP contribution is 2.24. The molecular formula is C22H19ClFN3O4S. The molecule has 7 nitrogen and oxygen atoms in total. The van der Waals surface area contributed by atoms with Crippen molar-refractivity contribution in [2.24, 2.45) is 0 Å². The highest BCUT2D eigenvalue weighted by Gasteiger charge is 2.13. The molecule has 3 rings (SSSR count). The van der Waals surface area contributed by atoms with Crippen molar-refractivity contribution < 1.29 is 22.3 Å². The standard InChI is InChI=1S/C22H19ClFN3O4S/c23-17-3-1-5-19(14-17)32(29,30)27-12-11-26-22(28)9-7-16-6-8-21(20(24)13-16)31-18-4-2-10-25-15-18/h1-10,13-15,27H,11-12H2,(H,26,28)/b9-7+. The van der Waals surface area contributed by atoms with E-state index >= 15 is 0 Å². The Kier molecular flexibility index (Phi) is 7.93. The van der Waals surface area contributed by atoms with Gasteiger partial charge in [0, 0.05) is 30.4 Å². The third kappa shape index (κ3) is 6.88. The number of hydrogen-bond acceptors (Lipinski definition) is 5. The zero-order valence-corrected chi connectivity index (χ0v) is 18.2. The van der Waals surface area contributed by atoms with Crippen molar-refractivity contribution in [3.63, 3.8) is 0 Å². The number of sulfonamides is 1. The van der Waals surface area contributed by atoms with Gasteiger partial charge in [0.05, 0.1) is 11.1 Å². The van der Waals surface area contributed by atoms with Crippen LogP contribution >= 0.6 is 11.6 Å². The smallest absolute Gasteiger partial charge is 0.244 e. The normalized spacial score (nSPS) is 11.4. The summed E-state index contributed by atoms with van der Waals surface area (Å²) in [6.07, 6.45) is 5.70. The number of nitrogens with zero attached hydrogens (tertiary/aromatic N) is 1. The number of hydrogen-bond donors (Lipinski definition) is 2. The van der Waals surface area contributed by atoms with E-state index in [4.69, 9.17) is 16.3 Å². The van der Waals surface area contributed by atoms with Crippen molar-refractivity contribution in [3.8, 4) is 11.5 Å². The number of halogens is 2. The third-order valence-corrected chi connectivity index (χ3v) is 5.76. The van der Waals surface area contributed by atoms with Crippen LogP contribution in [0.1, 0.15) is 5.56 Å². The molecule has 3 aromatic rings. The molecule has 0 spiro atoms. The molecule has 0 fully saturated rings. The van der Waals surface area contributed by atoms with Crippen molar-refractivity contribution in [2.75, 3.05) is 13.1 Å². The summed E-state index contributed by atoms with van der Waals surface area (Å²) >= 11 is 5.80. The molecule has 1 amide bonds. The van der Waals surface area contributed by atoms with Gasteiger partial charge in [0.2, 0.25) is 15.9 Å². The van der Waals surface area contributed by atoms with Crippen LogP contribution in [0.2, 0.25) is 5.02 Å². The predicted octanol–water partition coefficient (Wildman–Crippen LogP) is 3.77. The maximum absolute atomic E-state index is 14.2. The van der Waals surface area contributed by atoms with Crippen LogP contribution in [0, 0.1) is 5.82 Å². The van der Waals surface area contributed by atoms with Crippen molar-refractivity contribution >= 4 is 33.6 Å². The Bertz CT molecular complexity index is 1220. The lowest BCUT2D eigenvalue weighted by Gasteiger charge is -2.07. The molecular weight excluding hydrogens is 457 g/mol. The average molecular weight is 476 g/mol. The van der Waals surface area contributed by atoms with Crippen molar-refractivity contribution in [3.05, 3.63) is 89.5 Å². The van der Waals surface area contributed by atoms with Gasteiger partial charge in [-0.1, -0.05) is 23.7 Å². The SMILES string of the molecule is O=C(/C=C/c1ccc(Oc2cccnc2)c(F)c1)NCCNS(=O)(=O)c1cccc(Cl)c1. The monoisotopic (exact) mass is 475 g/mol. The van der Waals surface area contributed by atoms with Gasteiger partial charge in [0.1, 0.15) is 5.75 Å². The van der Waals surface area contributed by atoms with E-state index in [0.29, 0.717) is 16.3 Å². The molecule has 2 N–H and O–H groups in total. The van der Waals surface area contributed by atoms with Crippen molar-refractivity contribution in [1.29, 1.82) is 0 Å². The number of amides is 1. The minimum absolute atomic E-state index is 0.0105. The predicted molar refractivity (Wildman–Crippen MR) is 119 cm³/mol. The summed E-state index contributed by atoms with van der Waals surface area (Å²) in [4.78, 5) is 15.9. The first-order chi connectivity index (χ1) is 15.3. The molecule has 0 aliphatic heterocycles. The number of benzene rings is 2. The van der Waals surface area contributed by atoms with E-state index in [9.17, 15) is 17.6 Å². The highest BCUT2D eigenvalue weighted by atomic mass is 35.5.